The molecule has 0 atom stereocenters. The molecule has 1 fully saturated rings. The maximum Gasteiger partial charge on any atom is 0.141 e. The molecule has 2 rings (SSSR count). The lowest BCUT2D eigenvalue weighted by Gasteiger charge is -2.12. The number of rotatable bonds is 3. The monoisotopic (exact) mass is 271 g/mol. The Hall–Kier alpha value is -0.410. The van der Waals surface area contributed by atoms with Gasteiger partial charge in [0.15, 0.2) is 0 Å². The molecule has 1 aliphatic rings. The summed E-state index contributed by atoms with van der Waals surface area (Å²) in [5.41, 5.74) is 0.747. The van der Waals surface area contributed by atoms with Crippen molar-refractivity contribution in [2.75, 3.05) is 0 Å². The molecule has 0 radical (unpaired) electrons. The fourth-order valence-electron chi connectivity index (χ4n) is 2.07. The van der Waals surface area contributed by atoms with Gasteiger partial charge in [-0.05, 0) is 34.8 Å². The molecule has 0 amide bonds. The molecule has 0 aliphatic heterocycles. The Balaban J connectivity index is 1.95. The number of benzene rings is 1. The Kier molecular flexibility index (Phi) is 3.76. The lowest BCUT2D eigenvalue weighted by molar-refractivity contribution is 0.507. The first kappa shape index (κ1) is 11.1. The molecule has 82 valence electrons. The molecule has 1 nitrogen and oxygen atoms in total. The van der Waals surface area contributed by atoms with Crippen LogP contribution in [0, 0.1) is 5.82 Å². The van der Waals surface area contributed by atoms with E-state index >= 15 is 0 Å². The molecule has 1 aromatic rings. The molecular formula is C12H15BrFN. The largest absolute Gasteiger partial charge is 0.310 e. The Bertz CT molecular complexity index is 334. The maximum absolute atomic E-state index is 13.6. The van der Waals surface area contributed by atoms with Gasteiger partial charge in [-0.2, -0.15) is 0 Å². The number of nitrogens with one attached hydrogen (secondary N) is 1. The van der Waals surface area contributed by atoms with E-state index in [9.17, 15) is 4.39 Å². The van der Waals surface area contributed by atoms with Crippen LogP contribution in [0.25, 0.3) is 0 Å². The van der Waals surface area contributed by atoms with E-state index in [2.05, 4.69) is 21.2 Å². The van der Waals surface area contributed by atoms with Crippen LogP contribution >= 0.6 is 15.9 Å². The highest BCUT2D eigenvalue weighted by molar-refractivity contribution is 9.10. The summed E-state index contributed by atoms with van der Waals surface area (Å²) in [6.07, 6.45) is 5.07. The highest BCUT2D eigenvalue weighted by atomic mass is 79.9. The lowest BCUT2D eigenvalue weighted by Crippen LogP contribution is -2.25. The zero-order valence-electron chi connectivity index (χ0n) is 8.60. The van der Waals surface area contributed by atoms with Crippen molar-refractivity contribution in [2.45, 2.75) is 38.3 Å². The van der Waals surface area contributed by atoms with E-state index < -0.39 is 0 Å². The third-order valence-electron chi connectivity index (χ3n) is 2.97. The molecule has 15 heavy (non-hydrogen) atoms. The van der Waals surface area contributed by atoms with Gasteiger partial charge in [0.2, 0.25) is 0 Å². The quantitative estimate of drug-likeness (QED) is 0.886. The van der Waals surface area contributed by atoms with Crippen molar-refractivity contribution in [3.8, 4) is 0 Å². The van der Waals surface area contributed by atoms with Crippen LogP contribution in [0.2, 0.25) is 0 Å². The zero-order chi connectivity index (χ0) is 10.7. The van der Waals surface area contributed by atoms with Crippen LogP contribution in [0.1, 0.15) is 31.2 Å². The topological polar surface area (TPSA) is 12.0 Å². The molecule has 0 aromatic heterocycles. The predicted molar refractivity (Wildman–Crippen MR) is 63.2 cm³/mol. The van der Waals surface area contributed by atoms with Crippen molar-refractivity contribution in [1.29, 1.82) is 0 Å². The van der Waals surface area contributed by atoms with Crippen molar-refractivity contribution >= 4 is 15.9 Å². The van der Waals surface area contributed by atoms with Gasteiger partial charge in [0.25, 0.3) is 0 Å². The maximum atomic E-state index is 13.6. The van der Waals surface area contributed by atoms with Crippen LogP contribution in [0.15, 0.2) is 22.7 Å². The van der Waals surface area contributed by atoms with Gasteiger partial charge in [-0.15, -0.1) is 0 Å². The Morgan fingerprint density at radius 2 is 2.07 bits per heavy atom. The van der Waals surface area contributed by atoms with Crippen molar-refractivity contribution in [2.24, 2.45) is 0 Å². The van der Waals surface area contributed by atoms with Gasteiger partial charge < -0.3 is 5.32 Å². The molecule has 0 bridgehead atoms. The summed E-state index contributed by atoms with van der Waals surface area (Å²) in [5, 5.41) is 3.41. The molecule has 0 saturated heterocycles. The van der Waals surface area contributed by atoms with Gasteiger partial charge >= 0.3 is 0 Å². The van der Waals surface area contributed by atoms with Gasteiger partial charge in [0.05, 0.1) is 4.47 Å². The molecule has 3 heteroatoms. The molecule has 1 N–H and O–H groups in total. The fraction of sp³-hybridized carbons (Fsp3) is 0.500. The third kappa shape index (κ3) is 2.79. The third-order valence-corrected chi connectivity index (χ3v) is 3.58. The summed E-state index contributed by atoms with van der Waals surface area (Å²) in [5.74, 6) is -0.136. The van der Waals surface area contributed by atoms with Crippen molar-refractivity contribution in [3.05, 3.63) is 34.1 Å². The average Bonchev–Trinajstić information content (AvgIpc) is 2.73. The first-order chi connectivity index (χ1) is 7.27. The Morgan fingerprint density at radius 1 is 1.33 bits per heavy atom. The van der Waals surface area contributed by atoms with E-state index in [1.54, 1.807) is 6.07 Å². The van der Waals surface area contributed by atoms with Gasteiger partial charge in [-0.25, -0.2) is 4.39 Å². The first-order valence-electron chi connectivity index (χ1n) is 5.43. The average molecular weight is 272 g/mol. The van der Waals surface area contributed by atoms with E-state index in [1.165, 1.54) is 25.7 Å². The minimum Gasteiger partial charge on any atom is -0.310 e. The molecular weight excluding hydrogens is 257 g/mol. The minimum absolute atomic E-state index is 0.136. The van der Waals surface area contributed by atoms with Gasteiger partial charge in [0.1, 0.15) is 5.82 Å². The number of hydrogen-bond donors (Lipinski definition) is 1. The number of halogens is 2. The molecule has 0 unspecified atom stereocenters. The normalized spacial score (nSPS) is 17.2. The van der Waals surface area contributed by atoms with E-state index in [-0.39, 0.29) is 5.82 Å². The second-order valence-corrected chi connectivity index (χ2v) is 4.93. The van der Waals surface area contributed by atoms with Crippen LogP contribution in [0.4, 0.5) is 4.39 Å². The highest BCUT2D eigenvalue weighted by Crippen LogP contribution is 2.21. The van der Waals surface area contributed by atoms with Crippen LogP contribution in [-0.2, 0) is 6.54 Å². The molecule has 1 aliphatic carbocycles. The summed E-state index contributed by atoms with van der Waals surface area (Å²) < 4.78 is 14.1. The molecule has 1 aromatic carbocycles. The first-order valence-corrected chi connectivity index (χ1v) is 6.23. The highest BCUT2D eigenvalue weighted by Gasteiger charge is 2.14. The van der Waals surface area contributed by atoms with Crippen LogP contribution in [0.3, 0.4) is 0 Å². The predicted octanol–water partition coefficient (Wildman–Crippen LogP) is 3.62. The van der Waals surface area contributed by atoms with Crippen LogP contribution in [-0.4, -0.2) is 6.04 Å². The van der Waals surface area contributed by atoms with Gasteiger partial charge in [-0.1, -0.05) is 25.0 Å². The SMILES string of the molecule is Fc1c(Br)cccc1CNC1CCCC1. The minimum atomic E-state index is -0.136. The summed E-state index contributed by atoms with van der Waals surface area (Å²) in [6.45, 7) is 0.635. The summed E-state index contributed by atoms with van der Waals surface area (Å²) in [4.78, 5) is 0. The van der Waals surface area contributed by atoms with E-state index in [0.29, 0.717) is 17.1 Å². The van der Waals surface area contributed by atoms with Gasteiger partial charge in [0, 0.05) is 18.2 Å². The summed E-state index contributed by atoms with van der Waals surface area (Å²) >= 11 is 3.20. The van der Waals surface area contributed by atoms with Crippen molar-refractivity contribution in [3.63, 3.8) is 0 Å². The van der Waals surface area contributed by atoms with Crippen LogP contribution < -0.4 is 5.32 Å². The van der Waals surface area contributed by atoms with Crippen LogP contribution in [0.5, 0.6) is 0 Å². The fourth-order valence-corrected chi connectivity index (χ4v) is 2.48. The van der Waals surface area contributed by atoms with E-state index in [4.69, 9.17) is 0 Å². The lowest BCUT2D eigenvalue weighted by atomic mass is 10.2. The molecule has 1 saturated carbocycles. The Morgan fingerprint density at radius 3 is 2.80 bits per heavy atom. The van der Waals surface area contributed by atoms with Crippen molar-refractivity contribution in [1.82, 2.24) is 5.32 Å². The molecule has 0 spiro atoms. The summed E-state index contributed by atoms with van der Waals surface area (Å²) in [6, 6.07) is 6.03. The smallest absolute Gasteiger partial charge is 0.141 e. The van der Waals surface area contributed by atoms with Gasteiger partial charge in [-0.3, -0.25) is 0 Å². The van der Waals surface area contributed by atoms with Crippen molar-refractivity contribution < 1.29 is 4.39 Å². The zero-order valence-corrected chi connectivity index (χ0v) is 10.2. The second-order valence-electron chi connectivity index (χ2n) is 4.08. The molecule has 0 heterocycles. The Labute approximate surface area is 98.2 Å². The second kappa shape index (κ2) is 5.08. The van der Waals surface area contributed by atoms with E-state index in [1.807, 2.05) is 12.1 Å². The standard InChI is InChI=1S/C12H15BrFN/c13-11-7-3-4-9(12(11)14)8-15-10-5-1-2-6-10/h3-4,7,10,15H,1-2,5-6,8H2. The summed E-state index contributed by atoms with van der Waals surface area (Å²) in [7, 11) is 0. The number of hydrogen-bond acceptors (Lipinski definition) is 1. The van der Waals surface area contributed by atoms with E-state index in [0.717, 1.165) is 5.56 Å².